The molecule has 2 aliphatic rings. The summed E-state index contributed by atoms with van der Waals surface area (Å²) in [6.07, 6.45) is 1.67. The van der Waals surface area contributed by atoms with Crippen molar-refractivity contribution < 1.29 is 14.3 Å². The minimum Gasteiger partial charge on any atom is -0.350 e. The quantitative estimate of drug-likeness (QED) is 0.836. The lowest BCUT2D eigenvalue weighted by Gasteiger charge is -2.34. The highest BCUT2D eigenvalue weighted by Crippen LogP contribution is 2.29. The van der Waals surface area contributed by atoms with Crippen LogP contribution >= 0.6 is 23.2 Å². The molecule has 0 atom stereocenters. The molecule has 4 nitrogen and oxygen atoms in total. The van der Waals surface area contributed by atoms with Crippen molar-refractivity contribution in [1.29, 1.82) is 0 Å². The lowest BCUT2D eigenvalue weighted by molar-refractivity contribution is -0.0956. The number of piperidine rings is 1. The van der Waals surface area contributed by atoms with Gasteiger partial charge in [0.25, 0.3) is 5.91 Å². The zero-order chi connectivity index (χ0) is 14.8. The van der Waals surface area contributed by atoms with Crippen molar-refractivity contribution in [2.75, 3.05) is 26.3 Å². The summed E-state index contributed by atoms with van der Waals surface area (Å²) in [4.78, 5) is 14.3. The Kier molecular flexibility index (Phi) is 4.69. The van der Waals surface area contributed by atoms with Gasteiger partial charge in [-0.1, -0.05) is 29.3 Å². The minimum atomic E-state index is -0.1000. The smallest absolute Gasteiger partial charge is 0.255 e. The van der Waals surface area contributed by atoms with Gasteiger partial charge in [-0.05, 0) is 25.0 Å². The van der Waals surface area contributed by atoms with Crippen molar-refractivity contribution in [1.82, 2.24) is 4.90 Å². The summed E-state index contributed by atoms with van der Waals surface area (Å²) < 4.78 is 11.1. The maximum Gasteiger partial charge on any atom is 0.255 e. The van der Waals surface area contributed by atoms with Crippen molar-refractivity contribution >= 4 is 29.1 Å². The highest BCUT2D eigenvalue weighted by atomic mass is 35.5. The fourth-order valence-corrected chi connectivity index (χ4v) is 3.24. The summed E-state index contributed by atoms with van der Waals surface area (Å²) in [6.45, 7) is 2.72. The Labute approximate surface area is 133 Å². The summed E-state index contributed by atoms with van der Waals surface area (Å²) >= 11 is 12.1. The lowest BCUT2D eigenvalue weighted by atomic mass is 9.95. The highest BCUT2D eigenvalue weighted by Gasteiger charge is 2.32. The molecule has 6 heteroatoms. The van der Waals surface area contributed by atoms with Crippen LogP contribution in [0.1, 0.15) is 23.2 Å². The van der Waals surface area contributed by atoms with E-state index in [1.165, 1.54) is 0 Å². The molecule has 0 aromatic heterocycles. The summed E-state index contributed by atoms with van der Waals surface area (Å²) in [5.41, 5.74) is 0.469. The van der Waals surface area contributed by atoms with Crippen LogP contribution in [0.4, 0.5) is 0 Å². The third-order valence-corrected chi connectivity index (χ3v) is 4.86. The molecule has 1 aromatic carbocycles. The molecule has 2 aliphatic heterocycles. The third-order valence-electron chi connectivity index (χ3n) is 4.04. The monoisotopic (exact) mass is 329 g/mol. The first kappa shape index (κ1) is 15.1. The molecular formula is C15H17Cl2NO3. The van der Waals surface area contributed by atoms with Gasteiger partial charge in [-0.15, -0.1) is 0 Å². The zero-order valence-corrected chi connectivity index (χ0v) is 13.1. The SMILES string of the molecule is O=C(c1cccc(Cl)c1Cl)N1CCC(C2OCCO2)CC1. The van der Waals surface area contributed by atoms with Gasteiger partial charge in [0.2, 0.25) is 0 Å². The molecule has 0 spiro atoms. The molecule has 0 aliphatic carbocycles. The average Bonchev–Trinajstić information content (AvgIpc) is 3.04. The van der Waals surface area contributed by atoms with Crippen LogP contribution in [0, 0.1) is 5.92 Å². The van der Waals surface area contributed by atoms with E-state index < -0.39 is 0 Å². The molecule has 2 fully saturated rings. The Bertz CT molecular complexity index is 524. The second-order valence-corrected chi connectivity index (χ2v) is 6.13. The number of benzene rings is 1. The van der Waals surface area contributed by atoms with Crippen LogP contribution in [-0.4, -0.2) is 43.4 Å². The largest absolute Gasteiger partial charge is 0.350 e. The average molecular weight is 330 g/mol. The molecule has 2 heterocycles. The molecule has 114 valence electrons. The molecule has 0 unspecified atom stereocenters. The number of likely N-dealkylation sites (tertiary alicyclic amines) is 1. The van der Waals surface area contributed by atoms with Crippen LogP contribution in [-0.2, 0) is 9.47 Å². The Morgan fingerprint density at radius 3 is 2.48 bits per heavy atom. The summed E-state index contributed by atoms with van der Waals surface area (Å²) in [5.74, 6) is 0.306. The molecule has 21 heavy (non-hydrogen) atoms. The fraction of sp³-hybridized carbons (Fsp3) is 0.533. The number of hydrogen-bond acceptors (Lipinski definition) is 3. The molecule has 0 N–H and O–H groups in total. The molecular weight excluding hydrogens is 313 g/mol. The van der Waals surface area contributed by atoms with Gasteiger partial charge >= 0.3 is 0 Å². The van der Waals surface area contributed by atoms with Gasteiger partial charge in [0.15, 0.2) is 6.29 Å². The van der Waals surface area contributed by atoms with Gasteiger partial charge in [-0.25, -0.2) is 0 Å². The van der Waals surface area contributed by atoms with Crippen molar-refractivity contribution in [2.45, 2.75) is 19.1 Å². The van der Waals surface area contributed by atoms with E-state index in [1.807, 2.05) is 4.90 Å². The maximum atomic E-state index is 12.5. The minimum absolute atomic E-state index is 0.0609. The summed E-state index contributed by atoms with van der Waals surface area (Å²) in [7, 11) is 0. The van der Waals surface area contributed by atoms with Crippen molar-refractivity contribution in [3.05, 3.63) is 33.8 Å². The number of hydrogen-bond donors (Lipinski definition) is 0. The van der Waals surface area contributed by atoms with Crippen LogP contribution in [0.5, 0.6) is 0 Å². The van der Waals surface area contributed by atoms with Gasteiger partial charge < -0.3 is 14.4 Å². The van der Waals surface area contributed by atoms with E-state index in [4.69, 9.17) is 32.7 Å². The molecule has 1 aromatic rings. The van der Waals surface area contributed by atoms with E-state index in [-0.39, 0.29) is 12.2 Å². The Morgan fingerprint density at radius 2 is 1.81 bits per heavy atom. The van der Waals surface area contributed by atoms with Crippen LogP contribution in [0.3, 0.4) is 0 Å². The van der Waals surface area contributed by atoms with Crippen molar-refractivity contribution in [2.24, 2.45) is 5.92 Å². The van der Waals surface area contributed by atoms with Crippen molar-refractivity contribution in [3.63, 3.8) is 0 Å². The van der Waals surface area contributed by atoms with Gasteiger partial charge in [-0.3, -0.25) is 4.79 Å². The number of amides is 1. The molecule has 0 saturated carbocycles. The number of carbonyl (C=O) groups is 1. The van der Waals surface area contributed by atoms with E-state index in [9.17, 15) is 4.79 Å². The first-order valence-electron chi connectivity index (χ1n) is 7.13. The van der Waals surface area contributed by atoms with Crippen LogP contribution in [0.25, 0.3) is 0 Å². The zero-order valence-electron chi connectivity index (χ0n) is 11.6. The van der Waals surface area contributed by atoms with E-state index in [0.29, 0.717) is 47.8 Å². The standard InChI is InChI=1S/C15H17Cl2NO3/c16-12-3-1-2-11(13(12)17)14(19)18-6-4-10(5-7-18)15-20-8-9-21-15/h1-3,10,15H,4-9H2. The second kappa shape index (κ2) is 6.53. The first-order chi connectivity index (χ1) is 10.2. The number of nitrogens with zero attached hydrogens (tertiary/aromatic N) is 1. The van der Waals surface area contributed by atoms with E-state index in [0.717, 1.165) is 12.8 Å². The van der Waals surface area contributed by atoms with Crippen LogP contribution in [0.15, 0.2) is 18.2 Å². The highest BCUT2D eigenvalue weighted by molar-refractivity contribution is 6.43. The number of ether oxygens (including phenoxy) is 2. The molecule has 0 bridgehead atoms. The second-order valence-electron chi connectivity index (χ2n) is 5.34. The maximum absolute atomic E-state index is 12.5. The number of carbonyl (C=O) groups excluding carboxylic acids is 1. The lowest BCUT2D eigenvalue weighted by Crippen LogP contribution is -2.41. The van der Waals surface area contributed by atoms with Gasteiger partial charge in [0.05, 0.1) is 28.8 Å². The molecule has 0 radical (unpaired) electrons. The van der Waals surface area contributed by atoms with Gasteiger partial charge in [-0.2, -0.15) is 0 Å². The first-order valence-corrected chi connectivity index (χ1v) is 7.89. The normalized spacial score (nSPS) is 21.0. The summed E-state index contributed by atoms with van der Waals surface area (Å²) in [5, 5.41) is 0.735. The predicted molar refractivity (Wildman–Crippen MR) is 80.8 cm³/mol. The third kappa shape index (κ3) is 3.19. The fourth-order valence-electron chi connectivity index (χ4n) is 2.86. The van der Waals surface area contributed by atoms with Crippen molar-refractivity contribution in [3.8, 4) is 0 Å². The Morgan fingerprint density at radius 1 is 1.14 bits per heavy atom. The molecule has 1 amide bonds. The van der Waals surface area contributed by atoms with Crippen LogP contribution < -0.4 is 0 Å². The Hall–Kier alpha value is -0.810. The number of halogens is 2. The number of rotatable bonds is 2. The van der Waals surface area contributed by atoms with E-state index >= 15 is 0 Å². The Balaban J connectivity index is 1.63. The predicted octanol–water partition coefficient (Wildman–Crippen LogP) is 3.22. The van der Waals surface area contributed by atoms with E-state index in [2.05, 4.69) is 0 Å². The van der Waals surface area contributed by atoms with E-state index in [1.54, 1.807) is 18.2 Å². The summed E-state index contributed by atoms with van der Waals surface area (Å²) in [6, 6.07) is 5.14. The van der Waals surface area contributed by atoms with Gasteiger partial charge in [0, 0.05) is 19.0 Å². The van der Waals surface area contributed by atoms with Crippen LogP contribution in [0.2, 0.25) is 10.0 Å². The molecule has 3 rings (SSSR count). The topological polar surface area (TPSA) is 38.8 Å². The van der Waals surface area contributed by atoms with Gasteiger partial charge in [0.1, 0.15) is 0 Å². The molecule has 2 saturated heterocycles.